The van der Waals surface area contributed by atoms with Gasteiger partial charge in [-0.2, -0.15) is 5.10 Å². The standard InChI is InChI=1S/C14H13BrN2O3/c1-10(13-6-3-7-19-13)16-17-14(18)9-20-12-5-2-4-11(15)8-12/h2-8H,9H2,1H3,(H,17,18)/b16-10+. The number of hydrogen-bond donors (Lipinski definition) is 1. The predicted octanol–water partition coefficient (Wildman–Crippen LogP) is 2.96. The van der Waals surface area contributed by atoms with Crippen molar-refractivity contribution in [2.45, 2.75) is 6.92 Å². The van der Waals surface area contributed by atoms with E-state index in [9.17, 15) is 4.79 Å². The summed E-state index contributed by atoms with van der Waals surface area (Å²) in [5, 5.41) is 3.93. The summed E-state index contributed by atoms with van der Waals surface area (Å²) in [5.41, 5.74) is 3.00. The fourth-order valence-electron chi connectivity index (χ4n) is 1.42. The molecule has 0 aliphatic rings. The molecule has 0 aliphatic heterocycles. The Hall–Kier alpha value is -2.08. The Morgan fingerprint density at radius 3 is 2.95 bits per heavy atom. The Morgan fingerprint density at radius 2 is 2.25 bits per heavy atom. The molecule has 0 radical (unpaired) electrons. The number of nitrogens with zero attached hydrogens (tertiary/aromatic N) is 1. The quantitative estimate of drug-likeness (QED) is 0.674. The average molecular weight is 337 g/mol. The van der Waals surface area contributed by atoms with Crippen molar-refractivity contribution in [3.8, 4) is 5.75 Å². The number of rotatable bonds is 5. The van der Waals surface area contributed by atoms with Gasteiger partial charge in [0.1, 0.15) is 17.2 Å². The zero-order valence-corrected chi connectivity index (χ0v) is 12.4. The molecule has 6 heteroatoms. The molecule has 0 spiro atoms. The summed E-state index contributed by atoms with van der Waals surface area (Å²) in [4.78, 5) is 11.6. The molecule has 2 rings (SSSR count). The van der Waals surface area contributed by atoms with Crippen LogP contribution in [0.4, 0.5) is 0 Å². The highest BCUT2D eigenvalue weighted by Crippen LogP contribution is 2.17. The van der Waals surface area contributed by atoms with Gasteiger partial charge in [0.25, 0.3) is 5.91 Å². The van der Waals surface area contributed by atoms with Crippen LogP contribution in [-0.2, 0) is 4.79 Å². The summed E-state index contributed by atoms with van der Waals surface area (Å²) in [5.74, 6) is 0.885. The van der Waals surface area contributed by atoms with E-state index in [1.54, 1.807) is 37.5 Å². The topological polar surface area (TPSA) is 63.8 Å². The molecular weight excluding hydrogens is 324 g/mol. The number of carbonyl (C=O) groups is 1. The van der Waals surface area contributed by atoms with Gasteiger partial charge in [-0.05, 0) is 37.3 Å². The van der Waals surface area contributed by atoms with Crippen molar-refractivity contribution in [2.24, 2.45) is 5.10 Å². The van der Waals surface area contributed by atoms with Crippen molar-refractivity contribution in [3.05, 3.63) is 52.9 Å². The summed E-state index contributed by atoms with van der Waals surface area (Å²) in [6, 6.07) is 10.8. The molecular formula is C14H13BrN2O3. The number of amides is 1. The van der Waals surface area contributed by atoms with E-state index < -0.39 is 0 Å². The van der Waals surface area contributed by atoms with E-state index in [4.69, 9.17) is 9.15 Å². The van der Waals surface area contributed by atoms with Gasteiger partial charge in [-0.15, -0.1) is 0 Å². The fourth-order valence-corrected chi connectivity index (χ4v) is 1.80. The predicted molar refractivity (Wildman–Crippen MR) is 78.7 cm³/mol. The number of ether oxygens (including phenoxy) is 1. The molecule has 104 valence electrons. The Bertz CT molecular complexity index is 609. The number of nitrogens with one attached hydrogen (secondary N) is 1. The lowest BCUT2D eigenvalue weighted by molar-refractivity contribution is -0.123. The highest BCUT2D eigenvalue weighted by atomic mass is 79.9. The van der Waals surface area contributed by atoms with E-state index in [2.05, 4.69) is 26.5 Å². The molecule has 1 aromatic carbocycles. The molecule has 1 heterocycles. The van der Waals surface area contributed by atoms with E-state index >= 15 is 0 Å². The van der Waals surface area contributed by atoms with Crippen molar-refractivity contribution >= 4 is 27.5 Å². The summed E-state index contributed by atoms with van der Waals surface area (Å²) < 4.78 is 11.4. The zero-order valence-electron chi connectivity index (χ0n) is 10.8. The summed E-state index contributed by atoms with van der Waals surface area (Å²) in [7, 11) is 0. The lowest BCUT2D eigenvalue weighted by Crippen LogP contribution is -2.25. The third-order valence-corrected chi connectivity index (χ3v) is 2.89. The minimum Gasteiger partial charge on any atom is -0.484 e. The number of halogens is 1. The van der Waals surface area contributed by atoms with Gasteiger partial charge >= 0.3 is 0 Å². The van der Waals surface area contributed by atoms with Gasteiger partial charge < -0.3 is 9.15 Å². The van der Waals surface area contributed by atoms with Gasteiger partial charge in [0.2, 0.25) is 0 Å². The number of benzene rings is 1. The number of hydrazone groups is 1. The highest BCUT2D eigenvalue weighted by molar-refractivity contribution is 9.10. The van der Waals surface area contributed by atoms with Crippen LogP contribution < -0.4 is 10.2 Å². The second-order valence-corrected chi connectivity index (χ2v) is 4.87. The van der Waals surface area contributed by atoms with Crippen LogP contribution in [0.5, 0.6) is 5.75 Å². The number of carbonyl (C=O) groups excluding carboxylic acids is 1. The van der Waals surface area contributed by atoms with Crippen LogP contribution in [0.25, 0.3) is 0 Å². The lowest BCUT2D eigenvalue weighted by atomic mass is 10.3. The largest absolute Gasteiger partial charge is 0.484 e. The second-order valence-electron chi connectivity index (χ2n) is 3.96. The van der Waals surface area contributed by atoms with Crippen molar-refractivity contribution < 1.29 is 13.9 Å². The van der Waals surface area contributed by atoms with Crippen molar-refractivity contribution in [1.29, 1.82) is 0 Å². The summed E-state index contributed by atoms with van der Waals surface area (Å²) in [6.07, 6.45) is 1.55. The van der Waals surface area contributed by atoms with Crippen LogP contribution >= 0.6 is 15.9 Å². The Balaban J connectivity index is 1.83. The van der Waals surface area contributed by atoms with Crippen molar-refractivity contribution in [1.82, 2.24) is 5.43 Å². The molecule has 5 nitrogen and oxygen atoms in total. The van der Waals surface area contributed by atoms with Gasteiger partial charge in [0.15, 0.2) is 6.61 Å². The highest BCUT2D eigenvalue weighted by Gasteiger charge is 2.04. The molecule has 0 bridgehead atoms. The molecule has 0 saturated heterocycles. The first-order chi connectivity index (χ1) is 9.65. The van der Waals surface area contributed by atoms with Crippen molar-refractivity contribution in [2.75, 3.05) is 6.61 Å². The Labute approximate surface area is 124 Å². The molecule has 0 saturated carbocycles. The lowest BCUT2D eigenvalue weighted by Gasteiger charge is -2.05. The monoisotopic (exact) mass is 336 g/mol. The summed E-state index contributed by atoms with van der Waals surface area (Å²) >= 11 is 3.33. The maximum atomic E-state index is 11.6. The SMILES string of the molecule is C/C(=N\NC(=O)COc1cccc(Br)c1)c1ccco1. The van der Waals surface area contributed by atoms with Crippen molar-refractivity contribution in [3.63, 3.8) is 0 Å². The third kappa shape index (κ3) is 4.24. The van der Waals surface area contributed by atoms with E-state index in [1.165, 1.54) is 0 Å². The molecule has 20 heavy (non-hydrogen) atoms. The first-order valence-corrected chi connectivity index (χ1v) is 6.70. The molecule has 0 aliphatic carbocycles. The normalized spacial score (nSPS) is 11.2. The first-order valence-electron chi connectivity index (χ1n) is 5.90. The van der Waals surface area contributed by atoms with Gasteiger partial charge in [-0.25, -0.2) is 5.43 Å². The van der Waals surface area contributed by atoms with Gasteiger partial charge in [0.05, 0.1) is 6.26 Å². The summed E-state index contributed by atoms with van der Waals surface area (Å²) in [6.45, 7) is 1.64. The Kier molecular flexibility index (Phi) is 4.95. The smallest absolute Gasteiger partial charge is 0.277 e. The minimum absolute atomic E-state index is 0.106. The number of hydrogen-bond acceptors (Lipinski definition) is 4. The van der Waals surface area contributed by atoms with Crippen LogP contribution in [0.1, 0.15) is 12.7 Å². The second kappa shape index (κ2) is 6.91. The Morgan fingerprint density at radius 1 is 1.40 bits per heavy atom. The van der Waals surface area contributed by atoms with Crippen LogP contribution in [0, 0.1) is 0 Å². The molecule has 2 aromatic rings. The van der Waals surface area contributed by atoms with Gasteiger partial charge in [-0.3, -0.25) is 4.79 Å². The zero-order chi connectivity index (χ0) is 14.4. The van der Waals surface area contributed by atoms with Crippen LogP contribution in [-0.4, -0.2) is 18.2 Å². The minimum atomic E-state index is -0.337. The molecule has 1 aromatic heterocycles. The van der Waals surface area contributed by atoms with E-state index in [0.29, 0.717) is 17.2 Å². The van der Waals surface area contributed by atoms with E-state index in [1.807, 2.05) is 12.1 Å². The number of furan rings is 1. The molecule has 1 amide bonds. The first kappa shape index (κ1) is 14.3. The maximum absolute atomic E-state index is 11.6. The molecule has 0 atom stereocenters. The van der Waals surface area contributed by atoms with Crippen LogP contribution in [0.3, 0.4) is 0 Å². The van der Waals surface area contributed by atoms with E-state index in [-0.39, 0.29) is 12.5 Å². The molecule has 0 fully saturated rings. The average Bonchev–Trinajstić information content (AvgIpc) is 2.97. The van der Waals surface area contributed by atoms with Gasteiger partial charge in [-0.1, -0.05) is 22.0 Å². The molecule has 0 unspecified atom stereocenters. The third-order valence-electron chi connectivity index (χ3n) is 2.39. The maximum Gasteiger partial charge on any atom is 0.277 e. The van der Waals surface area contributed by atoms with Gasteiger partial charge in [0, 0.05) is 4.47 Å². The van der Waals surface area contributed by atoms with E-state index in [0.717, 1.165) is 4.47 Å². The van der Waals surface area contributed by atoms with Crippen LogP contribution in [0.2, 0.25) is 0 Å². The molecule has 1 N–H and O–H groups in total. The fraction of sp³-hybridized carbons (Fsp3) is 0.143. The van der Waals surface area contributed by atoms with Crippen LogP contribution in [0.15, 0.2) is 56.7 Å².